The van der Waals surface area contributed by atoms with Gasteiger partial charge in [0.2, 0.25) is 0 Å². The lowest BCUT2D eigenvalue weighted by molar-refractivity contribution is 0.0889. The summed E-state index contributed by atoms with van der Waals surface area (Å²) in [5.74, 6) is 0.368. The van der Waals surface area contributed by atoms with Gasteiger partial charge >= 0.3 is 0 Å². The summed E-state index contributed by atoms with van der Waals surface area (Å²) in [6.45, 7) is 8.60. The molecule has 1 unspecified atom stereocenters. The molecule has 15 heavy (non-hydrogen) atoms. The van der Waals surface area contributed by atoms with Crippen molar-refractivity contribution in [3.8, 4) is 0 Å². The molecule has 0 radical (unpaired) electrons. The van der Waals surface area contributed by atoms with Gasteiger partial charge in [-0.3, -0.25) is 9.48 Å². The molecule has 1 rings (SSSR count). The minimum atomic E-state index is -0.0236. The zero-order chi connectivity index (χ0) is 11.6. The van der Waals surface area contributed by atoms with Crippen LogP contribution in [0.2, 0.25) is 5.02 Å². The van der Waals surface area contributed by atoms with Crippen molar-refractivity contribution in [3.63, 3.8) is 0 Å². The summed E-state index contributed by atoms with van der Waals surface area (Å²) in [5, 5.41) is 4.51. The van der Waals surface area contributed by atoms with Gasteiger partial charge in [-0.15, -0.1) is 0 Å². The summed E-state index contributed by atoms with van der Waals surface area (Å²) < 4.78 is 1.66. The van der Waals surface area contributed by atoms with Gasteiger partial charge in [0, 0.05) is 12.5 Å². The van der Waals surface area contributed by atoms with Crippen LogP contribution in [0.15, 0.2) is 6.20 Å². The molecule has 0 N–H and O–H groups in total. The van der Waals surface area contributed by atoms with Crippen LogP contribution in [-0.2, 0) is 6.54 Å². The average molecular weight is 229 g/mol. The number of Topliss-reactive ketones (excluding diaryl/α,β-unsaturated/α-hetero) is 1. The fraction of sp³-hybridized carbons (Fsp3) is 0.636. The number of hydrogen-bond donors (Lipinski definition) is 0. The number of ketones is 1. The third kappa shape index (κ3) is 2.40. The number of hydrogen-bond acceptors (Lipinski definition) is 2. The van der Waals surface area contributed by atoms with E-state index in [2.05, 4.69) is 5.10 Å². The Morgan fingerprint density at radius 3 is 2.60 bits per heavy atom. The maximum atomic E-state index is 12.1. The Kier molecular flexibility index (Phi) is 3.91. The Balaban J connectivity index is 3.04. The summed E-state index contributed by atoms with van der Waals surface area (Å²) in [4.78, 5) is 12.1. The molecule has 0 saturated heterocycles. The van der Waals surface area contributed by atoms with E-state index in [0.717, 1.165) is 0 Å². The van der Waals surface area contributed by atoms with Crippen LogP contribution in [0.5, 0.6) is 0 Å². The van der Waals surface area contributed by atoms with Gasteiger partial charge in [0.05, 0.1) is 11.2 Å². The molecule has 1 aromatic heterocycles. The number of carbonyl (C=O) groups is 1. The Bertz CT molecular complexity index is 357. The van der Waals surface area contributed by atoms with E-state index < -0.39 is 0 Å². The molecule has 0 aliphatic heterocycles. The van der Waals surface area contributed by atoms with E-state index >= 15 is 0 Å². The predicted octanol–water partition coefficient (Wildman–Crippen LogP) is 3.03. The van der Waals surface area contributed by atoms with Crippen molar-refractivity contribution in [1.29, 1.82) is 0 Å². The topological polar surface area (TPSA) is 34.9 Å². The second-order valence-corrected chi connectivity index (χ2v) is 4.46. The number of aryl methyl sites for hydroxylation is 1. The van der Waals surface area contributed by atoms with E-state index in [1.807, 2.05) is 27.7 Å². The van der Waals surface area contributed by atoms with Gasteiger partial charge in [-0.05, 0) is 12.8 Å². The van der Waals surface area contributed by atoms with E-state index in [9.17, 15) is 4.79 Å². The van der Waals surface area contributed by atoms with Crippen molar-refractivity contribution in [3.05, 3.63) is 16.9 Å². The number of halogens is 1. The highest BCUT2D eigenvalue weighted by molar-refractivity contribution is 6.33. The van der Waals surface area contributed by atoms with E-state index in [4.69, 9.17) is 11.6 Å². The maximum absolute atomic E-state index is 12.1. The van der Waals surface area contributed by atoms with Crippen molar-refractivity contribution in [1.82, 2.24) is 9.78 Å². The van der Waals surface area contributed by atoms with Crippen LogP contribution in [-0.4, -0.2) is 15.6 Å². The molecule has 0 fully saturated rings. The zero-order valence-corrected chi connectivity index (χ0v) is 10.4. The lowest BCUT2D eigenvalue weighted by atomic mass is 9.92. The lowest BCUT2D eigenvalue weighted by Gasteiger charge is -2.14. The molecule has 3 nitrogen and oxygen atoms in total. The fourth-order valence-corrected chi connectivity index (χ4v) is 1.60. The number of aromatic nitrogens is 2. The van der Waals surface area contributed by atoms with Crippen LogP contribution >= 0.6 is 11.6 Å². The SMILES string of the molecule is CCn1ncc(Cl)c1C(=O)C(C)C(C)C. The average Bonchev–Trinajstić information content (AvgIpc) is 2.57. The molecule has 0 aliphatic carbocycles. The number of carbonyl (C=O) groups excluding carboxylic acids is 1. The third-order valence-electron chi connectivity index (χ3n) is 2.74. The Morgan fingerprint density at radius 1 is 1.53 bits per heavy atom. The molecular weight excluding hydrogens is 212 g/mol. The van der Waals surface area contributed by atoms with Gasteiger partial charge in [0.25, 0.3) is 0 Å². The highest BCUT2D eigenvalue weighted by atomic mass is 35.5. The zero-order valence-electron chi connectivity index (χ0n) is 9.62. The van der Waals surface area contributed by atoms with Crippen LogP contribution in [0.3, 0.4) is 0 Å². The van der Waals surface area contributed by atoms with Crippen LogP contribution in [0.4, 0.5) is 0 Å². The van der Waals surface area contributed by atoms with Gasteiger partial charge in [-0.1, -0.05) is 32.4 Å². The van der Waals surface area contributed by atoms with Crippen LogP contribution < -0.4 is 0 Å². The molecule has 0 aromatic carbocycles. The van der Waals surface area contributed by atoms with Crippen molar-refractivity contribution in [2.75, 3.05) is 0 Å². The molecule has 0 spiro atoms. The number of nitrogens with zero attached hydrogens (tertiary/aromatic N) is 2. The van der Waals surface area contributed by atoms with Gasteiger partial charge < -0.3 is 0 Å². The highest BCUT2D eigenvalue weighted by Gasteiger charge is 2.24. The monoisotopic (exact) mass is 228 g/mol. The van der Waals surface area contributed by atoms with Gasteiger partial charge in [-0.25, -0.2) is 0 Å². The van der Waals surface area contributed by atoms with Crippen LogP contribution in [0.1, 0.15) is 38.2 Å². The van der Waals surface area contributed by atoms with Crippen molar-refractivity contribution >= 4 is 17.4 Å². The van der Waals surface area contributed by atoms with Crippen molar-refractivity contribution in [2.24, 2.45) is 11.8 Å². The van der Waals surface area contributed by atoms with Gasteiger partial charge in [0.15, 0.2) is 5.78 Å². The maximum Gasteiger partial charge on any atom is 0.185 e. The summed E-state index contributed by atoms with van der Waals surface area (Å²) in [5.41, 5.74) is 0.542. The standard InChI is InChI=1S/C11H17ClN2O/c1-5-14-10(9(12)6-13-14)11(15)8(4)7(2)3/h6-8H,5H2,1-4H3. The Hall–Kier alpha value is -0.830. The molecule has 1 aromatic rings. The smallest absolute Gasteiger partial charge is 0.185 e. The quantitative estimate of drug-likeness (QED) is 0.743. The predicted molar refractivity (Wildman–Crippen MR) is 61.2 cm³/mol. The molecule has 0 aliphatic rings. The third-order valence-corrected chi connectivity index (χ3v) is 3.02. The molecule has 84 valence electrons. The molecule has 1 atom stereocenters. The second-order valence-electron chi connectivity index (χ2n) is 4.05. The van der Waals surface area contributed by atoms with Gasteiger partial charge in [0.1, 0.15) is 5.69 Å². The largest absolute Gasteiger partial charge is 0.292 e. The van der Waals surface area contributed by atoms with Crippen LogP contribution in [0, 0.1) is 11.8 Å². The Labute approximate surface area is 95.4 Å². The summed E-state index contributed by atoms with van der Waals surface area (Å²) in [6.07, 6.45) is 1.53. The summed E-state index contributed by atoms with van der Waals surface area (Å²) >= 11 is 5.96. The van der Waals surface area contributed by atoms with E-state index in [1.165, 1.54) is 6.20 Å². The lowest BCUT2D eigenvalue weighted by Crippen LogP contribution is -2.21. The first kappa shape index (κ1) is 12.2. The highest BCUT2D eigenvalue weighted by Crippen LogP contribution is 2.22. The van der Waals surface area contributed by atoms with Gasteiger partial charge in [-0.2, -0.15) is 5.10 Å². The van der Waals surface area contributed by atoms with Crippen molar-refractivity contribution < 1.29 is 4.79 Å². The van der Waals surface area contributed by atoms with E-state index in [-0.39, 0.29) is 11.7 Å². The first-order chi connectivity index (χ1) is 6.99. The minimum absolute atomic E-state index is 0.0236. The molecular formula is C11H17ClN2O. The fourth-order valence-electron chi connectivity index (χ4n) is 1.37. The molecule has 0 bridgehead atoms. The first-order valence-corrected chi connectivity index (χ1v) is 5.62. The molecule has 0 amide bonds. The Morgan fingerprint density at radius 2 is 2.13 bits per heavy atom. The molecule has 0 saturated carbocycles. The second kappa shape index (κ2) is 4.79. The van der Waals surface area contributed by atoms with E-state index in [1.54, 1.807) is 4.68 Å². The first-order valence-electron chi connectivity index (χ1n) is 5.24. The molecule has 4 heteroatoms. The van der Waals surface area contributed by atoms with Crippen LogP contribution in [0.25, 0.3) is 0 Å². The van der Waals surface area contributed by atoms with Crippen molar-refractivity contribution in [2.45, 2.75) is 34.2 Å². The molecule has 1 heterocycles. The normalized spacial score (nSPS) is 13.2. The minimum Gasteiger partial charge on any atom is -0.292 e. The summed E-state index contributed by atoms with van der Waals surface area (Å²) in [6, 6.07) is 0. The van der Waals surface area contributed by atoms with E-state index in [0.29, 0.717) is 23.2 Å². The number of rotatable bonds is 4. The summed E-state index contributed by atoms with van der Waals surface area (Å²) in [7, 11) is 0.